The number of carbonyl (C=O) groups is 4. The van der Waals surface area contributed by atoms with Crippen molar-refractivity contribution in [3.05, 3.63) is 36.0 Å². The number of amides is 2. The summed E-state index contributed by atoms with van der Waals surface area (Å²) in [6, 6.07) is 8.31. The van der Waals surface area contributed by atoms with Crippen LogP contribution < -0.4 is 10.6 Å². The van der Waals surface area contributed by atoms with Gasteiger partial charge < -0.3 is 15.0 Å². The molecule has 2 aromatic rings. The van der Waals surface area contributed by atoms with Crippen molar-refractivity contribution in [1.82, 2.24) is 15.2 Å². The summed E-state index contributed by atoms with van der Waals surface area (Å²) in [4.78, 5) is 54.2. The normalized spacial score (nSPS) is 14.3. The van der Waals surface area contributed by atoms with Crippen LogP contribution in [-0.4, -0.2) is 65.7 Å². The van der Waals surface area contributed by atoms with Crippen molar-refractivity contribution in [3.8, 4) is 0 Å². The molecule has 2 amide bonds. The summed E-state index contributed by atoms with van der Waals surface area (Å²) < 4.78 is 4.95. The zero-order chi connectivity index (χ0) is 22.4. The monoisotopic (exact) mass is 426 g/mol. The van der Waals surface area contributed by atoms with Crippen molar-refractivity contribution in [2.45, 2.75) is 32.8 Å². The second kappa shape index (κ2) is 10.1. The molecule has 0 radical (unpaired) electrons. The Labute approximate surface area is 180 Å². The van der Waals surface area contributed by atoms with E-state index in [1.807, 2.05) is 0 Å². The van der Waals surface area contributed by atoms with Gasteiger partial charge in [-0.2, -0.15) is 0 Å². The Morgan fingerprint density at radius 1 is 1.10 bits per heavy atom. The van der Waals surface area contributed by atoms with E-state index >= 15 is 0 Å². The third-order valence-electron chi connectivity index (χ3n) is 5.20. The first-order chi connectivity index (χ1) is 14.9. The van der Waals surface area contributed by atoms with Gasteiger partial charge in [-0.15, -0.1) is 0 Å². The van der Waals surface area contributed by atoms with E-state index < -0.39 is 12.2 Å². The molecule has 2 N–H and O–H groups in total. The van der Waals surface area contributed by atoms with Crippen molar-refractivity contribution in [3.63, 3.8) is 0 Å². The van der Waals surface area contributed by atoms with E-state index in [1.54, 1.807) is 30.3 Å². The Morgan fingerprint density at radius 3 is 2.48 bits per heavy atom. The number of ketones is 2. The first-order valence-electron chi connectivity index (χ1n) is 10.4. The first kappa shape index (κ1) is 22.4. The minimum absolute atomic E-state index is 0.101. The summed E-state index contributed by atoms with van der Waals surface area (Å²) in [7, 11) is 0. The summed E-state index contributed by atoms with van der Waals surface area (Å²) in [5.41, 5.74) is 1.33. The molecule has 1 heterocycles. The van der Waals surface area contributed by atoms with Gasteiger partial charge in [0.15, 0.2) is 11.6 Å². The molecule has 1 fully saturated rings. The predicted octanol–water partition coefficient (Wildman–Crippen LogP) is 2.16. The SMILES string of the molecule is CCN(CC)CCNC(=O)c1ccc2cc(NC(=O)OC3C(=O)CCC3=O)ccc2n1. The Bertz CT molecular complexity index is 987. The summed E-state index contributed by atoms with van der Waals surface area (Å²) in [6.07, 6.45) is -1.98. The van der Waals surface area contributed by atoms with Crippen molar-refractivity contribution < 1.29 is 23.9 Å². The number of fused-ring (bicyclic) bond motifs is 1. The van der Waals surface area contributed by atoms with E-state index in [1.165, 1.54) is 0 Å². The van der Waals surface area contributed by atoms with Crippen LogP contribution in [0.25, 0.3) is 10.9 Å². The fraction of sp³-hybridized carbons (Fsp3) is 0.409. The van der Waals surface area contributed by atoms with Crippen molar-refractivity contribution >= 4 is 40.2 Å². The molecule has 31 heavy (non-hydrogen) atoms. The lowest BCUT2D eigenvalue weighted by Crippen LogP contribution is -2.35. The number of ether oxygens (including phenoxy) is 1. The Balaban J connectivity index is 1.60. The molecule has 3 rings (SSSR count). The number of likely N-dealkylation sites (N-methyl/N-ethyl adjacent to an activating group) is 1. The molecule has 1 aromatic heterocycles. The third kappa shape index (κ3) is 5.64. The highest BCUT2D eigenvalue weighted by Gasteiger charge is 2.36. The first-order valence-corrected chi connectivity index (χ1v) is 10.4. The van der Waals surface area contributed by atoms with Gasteiger partial charge in [-0.1, -0.05) is 19.9 Å². The minimum atomic E-state index is -1.31. The molecule has 0 saturated heterocycles. The highest BCUT2D eigenvalue weighted by Crippen LogP contribution is 2.20. The lowest BCUT2D eigenvalue weighted by Gasteiger charge is -2.17. The second-order valence-corrected chi connectivity index (χ2v) is 7.23. The Morgan fingerprint density at radius 2 is 1.81 bits per heavy atom. The van der Waals surface area contributed by atoms with E-state index in [0.717, 1.165) is 19.6 Å². The molecule has 164 valence electrons. The smallest absolute Gasteiger partial charge is 0.412 e. The standard InChI is InChI=1S/C22H26N4O5/c1-3-26(4-2)12-11-23-21(29)17-7-5-14-13-15(6-8-16(14)25-17)24-22(30)31-20-18(27)9-10-19(20)28/h5-8,13,20H,3-4,9-12H2,1-2H3,(H,23,29)(H,24,30). The topological polar surface area (TPSA) is 118 Å². The van der Waals surface area contributed by atoms with Crippen molar-refractivity contribution in [2.24, 2.45) is 0 Å². The average molecular weight is 426 g/mol. The van der Waals surface area contributed by atoms with Gasteiger partial charge in [-0.05, 0) is 37.4 Å². The van der Waals surface area contributed by atoms with Crippen LogP contribution >= 0.6 is 0 Å². The maximum absolute atomic E-state index is 12.4. The number of nitrogens with one attached hydrogen (secondary N) is 2. The van der Waals surface area contributed by atoms with E-state index in [4.69, 9.17) is 4.74 Å². The minimum Gasteiger partial charge on any atom is -0.430 e. The summed E-state index contributed by atoms with van der Waals surface area (Å²) >= 11 is 0. The number of anilines is 1. The van der Waals surface area contributed by atoms with Crippen LogP contribution in [0.4, 0.5) is 10.5 Å². The average Bonchev–Trinajstić information content (AvgIpc) is 3.08. The molecule has 1 aliphatic carbocycles. The fourth-order valence-corrected chi connectivity index (χ4v) is 3.36. The summed E-state index contributed by atoms with van der Waals surface area (Å²) in [6.45, 7) is 7.32. The largest absolute Gasteiger partial charge is 0.430 e. The molecular formula is C22H26N4O5. The van der Waals surface area contributed by atoms with Crippen LogP contribution in [0.3, 0.4) is 0 Å². The molecule has 9 heteroatoms. The van der Waals surface area contributed by atoms with Gasteiger partial charge in [0, 0.05) is 37.0 Å². The molecule has 0 aliphatic heterocycles. The van der Waals surface area contributed by atoms with E-state index in [0.29, 0.717) is 28.8 Å². The Hall–Kier alpha value is -3.33. The van der Waals surface area contributed by atoms with Gasteiger partial charge in [-0.25, -0.2) is 9.78 Å². The zero-order valence-corrected chi connectivity index (χ0v) is 17.6. The van der Waals surface area contributed by atoms with E-state index in [2.05, 4.69) is 34.4 Å². The number of carbonyl (C=O) groups excluding carboxylic acids is 4. The third-order valence-corrected chi connectivity index (χ3v) is 5.20. The highest BCUT2D eigenvalue weighted by molar-refractivity contribution is 6.12. The Kier molecular flexibility index (Phi) is 7.30. The lowest BCUT2D eigenvalue weighted by atomic mass is 10.1. The molecule has 9 nitrogen and oxygen atoms in total. The zero-order valence-electron chi connectivity index (χ0n) is 17.6. The van der Waals surface area contributed by atoms with Crippen molar-refractivity contribution in [2.75, 3.05) is 31.5 Å². The van der Waals surface area contributed by atoms with Gasteiger partial charge in [-0.3, -0.25) is 19.7 Å². The van der Waals surface area contributed by atoms with Crippen LogP contribution in [0.1, 0.15) is 37.2 Å². The number of pyridine rings is 1. The van der Waals surface area contributed by atoms with Crippen LogP contribution in [0.15, 0.2) is 30.3 Å². The van der Waals surface area contributed by atoms with Crippen molar-refractivity contribution in [1.29, 1.82) is 0 Å². The molecule has 1 saturated carbocycles. The molecular weight excluding hydrogens is 400 g/mol. The predicted molar refractivity (Wildman–Crippen MR) is 115 cm³/mol. The van der Waals surface area contributed by atoms with Gasteiger partial charge in [0.05, 0.1) is 5.52 Å². The molecule has 0 bridgehead atoms. The van der Waals surface area contributed by atoms with Gasteiger partial charge in [0.1, 0.15) is 5.69 Å². The van der Waals surface area contributed by atoms with Crippen LogP contribution in [-0.2, 0) is 14.3 Å². The number of hydrogen-bond acceptors (Lipinski definition) is 7. The van der Waals surface area contributed by atoms with Gasteiger partial charge >= 0.3 is 6.09 Å². The van der Waals surface area contributed by atoms with Crippen LogP contribution in [0, 0.1) is 0 Å². The number of hydrogen-bond donors (Lipinski definition) is 2. The fourth-order valence-electron chi connectivity index (χ4n) is 3.36. The molecule has 0 spiro atoms. The number of nitrogens with zero attached hydrogens (tertiary/aromatic N) is 2. The maximum Gasteiger partial charge on any atom is 0.412 e. The molecule has 0 unspecified atom stereocenters. The van der Waals surface area contributed by atoms with Gasteiger partial charge in [0.2, 0.25) is 6.10 Å². The molecule has 1 aliphatic rings. The molecule has 1 aromatic carbocycles. The number of Topliss-reactive ketones (excluding diaryl/α,β-unsaturated/α-hetero) is 2. The number of aromatic nitrogens is 1. The van der Waals surface area contributed by atoms with Gasteiger partial charge in [0.25, 0.3) is 5.91 Å². The van der Waals surface area contributed by atoms with Crippen LogP contribution in [0.5, 0.6) is 0 Å². The van der Waals surface area contributed by atoms with E-state index in [9.17, 15) is 19.2 Å². The molecule has 0 atom stereocenters. The highest BCUT2D eigenvalue weighted by atomic mass is 16.6. The second-order valence-electron chi connectivity index (χ2n) is 7.23. The number of rotatable bonds is 8. The maximum atomic E-state index is 12.4. The summed E-state index contributed by atoms with van der Waals surface area (Å²) in [5, 5.41) is 6.10. The summed E-state index contributed by atoms with van der Waals surface area (Å²) in [5.74, 6) is -1.01. The lowest BCUT2D eigenvalue weighted by molar-refractivity contribution is -0.132. The quantitative estimate of drug-likeness (QED) is 0.621. The number of benzene rings is 1. The van der Waals surface area contributed by atoms with Crippen LogP contribution in [0.2, 0.25) is 0 Å². The van der Waals surface area contributed by atoms with E-state index in [-0.39, 0.29) is 30.3 Å².